The molecule has 257 valence electrons. The molecule has 17 heteroatoms. The summed E-state index contributed by atoms with van der Waals surface area (Å²) in [6.07, 6.45) is 4.42. The van der Waals surface area contributed by atoms with Crippen LogP contribution in [0.5, 0.6) is 0 Å². The molecule has 5 heterocycles. The summed E-state index contributed by atoms with van der Waals surface area (Å²) in [5.41, 5.74) is 9.40. The van der Waals surface area contributed by atoms with Gasteiger partial charge in [0.25, 0.3) is 17.7 Å². The molecule has 2 aromatic carbocycles. The molecule has 15 nitrogen and oxygen atoms in total. The van der Waals surface area contributed by atoms with E-state index in [1.54, 1.807) is 50.2 Å². The summed E-state index contributed by atoms with van der Waals surface area (Å²) in [7, 11) is 0.572. The van der Waals surface area contributed by atoms with Gasteiger partial charge >= 0.3 is 20.6 Å². The van der Waals surface area contributed by atoms with Crippen LogP contribution in [0.25, 0.3) is 0 Å². The highest BCUT2D eigenvalue weighted by molar-refractivity contribution is 6.61. The maximum absolute atomic E-state index is 13.0. The summed E-state index contributed by atoms with van der Waals surface area (Å²) in [4.78, 5) is 81.2. The van der Waals surface area contributed by atoms with Crippen molar-refractivity contribution in [3.05, 3.63) is 89.2 Å². The standard InChI is InChI=1S/C20H22BN3O8.C8H7BNO2.C5H5N/c25-16-5-6-17(26)24(16)32-18(27)7-8-22-19(28)15-2-1-9-23(15)20(29)12-3-4-13-11-31-21(30)14(13)10-12;10-8(11)5-1-2-6-4-12-9-7(6)3-5;1-2-4-6-5-3-1/h3-4,10,15,30H,1-2,5-9,11H2,(H,22,28);1-3H,4H2,(H2,10,11);1-5H. The SMILES string of the molecule is NC(=O)c1ccc2c(c1)[B]OC2.O=C(CCNC(=O)C1CCCN1C(=O)c1ccc2c(c1)B(O)OC2)ON1C(=O)CCC1=O.c1ccncc1. The van der Waals surface area contributed by atoms with Crippen LogP contribution in [0.15, 0.2) is 67.0 Å². The number of carbonyl (C=O) groups excluding carboxylic acids is 6. The van der Waals surface area contributed by atoms with Crippen LogP contribution in [0.4, 0.5) is 0 Å². The Balaban J connectivity index is 0.000000218. The van der Waals surface area contributed by atoms with Crippen molar-refractivity contribution in [2.45, 2.75) is 51.4 Å². The monoisotopic (exact) mass is 682 g/mol. The average Bonchev–Trinajstić information content (AvgIpc) is 3.94. The van der Waals surface area contributed by atoms with E-state index in [2.05, 4.69) is 10.3 Å². The summed E-state index contributed by atoms with van der Waals surface area (Å²) in [6.45, 7) is 1.22. The van der Waals surface area contributed by atoms with Gasteiger partial charge in [0.15, 0.2) is 0 Å². The third-order valence-corrected chi connectivity index (χ3v) is 8.15. The number of amides is 5. The molecule has 0 saturated carbocycles. The van der Waals surface area contributed by atoms with Gasteiger partial charge in [0.05, 0.1) is 19.6 Å². The van der Waals surface area contributed by atoms with Gasteiger partial charge in [0.1, 0.15) is 6.04 Å². The first kappa shape index (κ1) is 35.9. The van der Waals surface area contributed by atoms with Gasteiger partial charge in [0.2, 0.25) is 11.8 Å². The summed E-state index contributed by atoms with van der Waals surface area (Å²) >= 11 is 0. The second-order valence-electron chi connectivity index (χ2n) is 11.6. The number of nitrogens with zero attached hydrogens (tertiary/aromatic N) is 3. The van der Waals surface area contributed by atoms with Crippen molar-refractivity contribution in [3.63, 3.8) is 0 Å². The minimum absolute atomic E-state index is 0.00456. The maximum Gasteiger partial charge on any atom is 0.491 e. The Hall–Kier alpha value is -5.38. The summed E-state index contributed by atoms with van der Waals surface area (Å²) < 4.78 is 10.2. The molecule has 5 amide bonds. The van der Waals surface area contributed by atoms with Crippen molar-refractivity contribution in [2.75, 3.05) is 13.1 Å². The highest BCUT2D eigenvalue weighted by Crippen LogP contribution is 2.21. The molecule has 0 aliphatic carbocycles. The van der Waals surface area contributed by atoms with E-state index in [1.807, 2.05) is 24.3 Å². The fraction of sp³-hybridized carbons (Fsp3) is 0.303. The molecule has 1 atom stereocenters. The molecular weight excluding hydrogens is 648 g/mol. The van der Waals surface area contributed by atoms with Crippen LogP contribution in [0.1, 0.15) is 63.9 Å². The van der Waals surface area contributed by atoms with E-state index in [0.29, 0.717) is 47.6 Å². The molecule has 2 saturated heterocycles. The first-order valence-electron chi connectivity index (χ1n) is 15.9. The largest absolute Gasteiger partial charge is 0.491 e. The minimum Gasteiger partial charge on any atom is -0.430 e. The maximum atomic E-state index is 13.0. The Bertz CT molecular complexity index is 1720. The number of imide groups is 1. The third kappa shape index (κ3) is 8.99. The van der Waals surface area contributed by atoms with E-state index in [-0.39, 0.29) is 38.3 Å². The predicted octanol–water partition coefficient (Wildman–Crippen LogP) is -0.736. The molecule has 50 heavy (non-hydrogen) atoms. The number of nitrogens with two attached hydrogens (primary N) is 1. The van der Waals surface area contributed by atoms with Gasteiger partial charge in [-0.15, -0.1) is 5.06 Å². The molecule has 2 fully saturated rings. The fourth-order valence-corrected chi connectivity index (χ4v) is 5.53. The lowest BCUT2D eigenvalue weighted by molar-refractivity contribution is -0.197. The van der Waals surface area contributed by atoms with E-state index < -0.39 is 42.8 Å². The fourth-order valence-electron chi connectivity index (χ4n) is 5.53. The smallest absolute Gasteiger partial charge is 0.430 e. The average molecular weight is 682 g/mol. The van der Waals surface area contributed by atoms with Crippen LogP contribution in [-0.2, 0) is 46.5 Å². The summed E-state index contributed by atoms with van der Waals surface area (Å²) in [6, 6.07) is 15.3. The van der Waals surface area contributed by atoms with Crippen LogP contribution >= 0.6 is 0 Å². The number of fused-ring (bicyclic) bond motifs is 2. The molecule has 4 aliphatic rings. The Morgan fingerprint density at radius 2 is 1.72 bits per heavy atom. The number of benzene rings is 2. The molecule has 0 spiro atoms. The number of aromatic nitrogens is 1. The molecule has 1 aromatic heterocycles. The highest BCUT2D eigenvalue weighted by atomic mass is 16.7. The van der Waals surface area contributed by atoms with Crippen LogP contribution in [0, 0.1) is 0 Å². The van der Waals surface area contributed by atoms with Crippen molar-refractivity contribution in [3.8, 4) is 0 Å². The second-order valence-corrected chi connectivity index (χ2v) is 11.6. The van der Waals surface area contributed by atoms with Crippen molar-refractivity contribution < 1.29 is 47.9 Å². The lowest BCUT2D eigenvalue weighted by atomic mass is 9.78. The number of rotatable bonds is 7. The molecule has 4 N–H and O–H groups in total. The Morgan fingerprint density at radius 1 is 1.00 bits per heavy atom. The van der Waals surface area contributed by atoms with Gasteiger partial charge < -0.3 is 35.1 Å². The molecule has 1 unspecified atom stereocenters. The van der Waals surface area contributed by atoms with Gasteiger partial charge in [-0.2, -0.15) is 0 Å². The normalized spacial score (nSPS) is 17.1. The Morgan fingerprint density at radius 3 is 2.40 bits per heavy atom. The van der Waals surface area contributed by atoms with Gasteiger partial charge in [-0.1, -0.05) is 24.3 Å². The van der Waals surface area contributed by atoms with Gasteiger partial charge in [-0.05, 0) is 65.2 Å². The van der Waals surface area contributed by atoms with Gasteiger partial charge in [-0.25, -0.2) is 4.79 Å². The molecule has 1 radical (unpaired) electrons. The zero-order chi connectivity index (χ0) is 35.6. The lowest BCUT2D eigenvalue weighted by Gasteiger charge is -2.24. The molecular formula is C33H34B2N5O10. The number of primary amides is 1. The van der Waals surface area contributed by atoms with Crippen molar-refractivity contribution in [2.24, 2.45) is 5.73 Å². The Labute approximate surface area is 288 Å². The van der Waals surface area contributed by atoms with Crippen molar-refractivity contribution in [1.29, 1.82) is 0 Å². The number of pyridine rings is 1. The van der Waals surface area contributed by atoms with Crippen molar-refractivity contribution in [1.82, 2.24) is 20.3 Å². The third-order valence-electron chi connectivity index (χ3n) is 8.15. The van der Waals surface area contributed by atoms with Crippen molar-refractivity contribution >= 4 is 61.0 Å². The number of hydrogen-bond acceptors (Lipinski definition) is 11. The van der Waals surface area contributed by atoms with Crippen LogP contribution in [-0.4, -0.2) is 89.2 Å². The molecule has 0 bridgehead atoms. The van der Waals surface area contributed by atoms with E-state index in [0.717, 1.165) is 16.6 Å². The minimum atomic E-state index is -1.07. The molecule has 7 rings (SSSR count). The summed E-state index contributed by atoms with van der Waals surface area (Å²) in [5.74, 6) is -3.09. The molecule has 3 aromatic rings. The zero-order valence-corrected chi connectivity index (χ0v) is 27.0. The van der Waals surface area contributed by atoms with E-state index in [1.165, 1.54) is 4.90 Å². The topological polar surface area (TPSA) is 208 Å². The zero-order valence-electron chi connectivity index (χ0n) is 27.0. The number of carbonyl (C=O) groups is 6. The van der Waals surface area contributed by atoms with Crippen LogP contribution in [0.3, 0.4) is 0 Å². The highest BCUT2D eigenvalue weighted by Gasteiger charge is 2.36. The predicted molar refractivity (Wildman–Crippen MR) is 177 cm³/mol. The quantitative estimate of drug-likeness (QED) is 0.209. The van der Waals surface area contributed by atoms with Gasteiger partial charge in [0, 0.05) is 49.5 Å². The van der Waals surface area contributed by atoms with E-state index in [9.17, 15) is 33.8 Å². The van der Waals surface area contributed by atoms with Gasteiger partial charge in [-0.3, -0.25) is 29.0 Å². The van der Waals surface area contributed by atoms with E-state index in [4.69, 9.17) is 19.9 Å². The number of nitrogens with one attached hydrogen (secondary N) is 1. The van der Waals surface area contributed by atoms with Crippen LogP contribution in [0.2, 0.25) is 0 Å². The molecule has 4 aliphatic heterocycles. The first-order valence-corrected chi connectivity index (χ1v) is 15.9. The number of likely N-dealkylation sites (tertiary alicyclic amines) is 1. The number of hydrogen-bond donors (Lipinski definition) is 3. The lowest BCUT2D eigenvalue weighted by Crippen LogP contribution is -2.46. The van der Waals surface area contributed by atoms with Crippen LogP contribution < -0.4 is 22.0 Å². The Kier molecular flexibility index (Phi) is 12.1. The second kappa shape index (κ2) is 16.8. The first-order chi connectivity index (χ1) is 24.1. The summed E-state index contributed by atoms with van der Waals surface area (Å²) in [5, 5.41) is 12.9. The number of hydroxylamine groups is 2. The van der Waals surface area contributed by atoms with E-state index >= 15 is 0 Å².